The van der Waals surface area contributed by atoms with Crippen LogP contribution in [0.2, 0.25) is 0 Å². The van der Waals surface area contributed by atoms with Crippen molar-refractivity contribution in [2.75, 3.05) is 11.9 Å². The SMILES string of the molecule is Cc1ccc(C(=O)O)c(NCCC(C)C)n1. The van der Waals surface area contributed by atoms with E-state index in [1.165, 1.54) is 0 Å². The van der Waals surface area contributed by atoms with Crippen molar-refractivity contribution in [2.24, 2.45) is 5.92 Å². The van der Waals surface area contributed by atoms with Crippen LogP contribution in [0.15, 0.2) is 12.1 Å². The second kappa shape index (κ2) is 5.49. The summed E-state index contributed by atoms with van der Waals surface area (Å²) in [5.74, 6) is 0.110. The highest BCUT2D eigenvalue weighted by Crippen LogP contribution is 2.13. The Morgan fingerprint density at radius 3 is 2.75 bits per heavy atom. The van der Waals surface area contributed by atoms with Gasteiger partial charge in [-0.1, -0.05) is 13.8 Å². The summed E-state index contributed by atoms with van der Waals surface area (Å²) in [6, 6.07) is 3.29. The molecular formula is C12H18N2O2. The van der Waals surface area contributed by atoms with Crippen LogP contribution in [0.3, 0.4) is 0 Å². The highest BCUT2D eigenvalue weighted by Gasteiger charge is 2.10. The lowest BCUT2D eigenvalue weighted by Gasteiger charge is -2.10. The normalized spacial score (nSPS) is 10.5. The molecule has 0 unspecified atom stereocenters. The second-order valence-corrected chi connectivity index (χ2v) is 4.26. The van der Waals surface area contributed by atoms with Gasteiger partial charge in [-0.05, 0) is 31.4 Å². The molecular weight excluding hydrogens is 204 g/mol. The van der Waals surface area contributed by atoms with Gasteiger partial charge in [0.05, 0.1) is 0 Å². The molecule has 1 aromatic rings. The van der Waals surface area contributed by atoms with Gasteiger partial charge in [-0.25, -0.2) is 9.78 Å². The van der Waals surface area contributed by atoms with Crippen molar-refractivity contribution < 1.29 is 9.90 Å². The summed E-state index contributed by atoms with van der Waals surface area (Å²) < 4.78 is 0. The molecule has 88 valence electrons. The monoisotopic (exact) mass is 222 g/mol. The smallest absolute Gasteiger partial charge is 0.339 e. The molecule has 0 aliphatic carbocycles. The van der Waals surface area contributed by atoms with Gasteiger partial charge < -0.3 is 10.4 Å². The van der Waals surface area contributed by atoms with E-state index in [1.807, 2.05) is 6.92 Å². The number of carboxylic acids is 1. The van der Waals surface area contributed by atoms with Crippen LogP contribution < -0.4 is 5.32 Å². The van der Waals surface area contributed by atoms with Crippen molar-refractivity contribution >= 4 is 11.8 Å². The number of aromatic nitrogens is 1. The van der Waals surface area contributed by atoms with Gasteiger partial charge in [0.2, 0.25) is 0 Å². The first kappa shape index (κ1) is 12.5. The second-order valence-electron chi connectivity index (χ2n) is 4.26. The van der Waals surface area contributed by atoms with E-state index in [4.69, 9.17) is 5.11 Å². The number of aromatic carboxylic acids is 1. The fraction of sp³-hybridized carbons (Fsp3) is 0.500. The summed E-state index contributed by atoms with van der Waals surface area (Å²) in [6.07, 6.45) is 0.995. The molecule has 0 fully saturated rings. The molecule has 0 amide bonds. The van der Waals surface area contributed by atoms with Crippen LogP contribution in [0.1, 0.15) is 36.3 Å². The minimum atomic E-state index is -0.945. The summed E-state index contributed by atoms with van der Waals surface area (Å²) in [5, 5.41) is 12.1. The zero-order valence-corrected chi connectivity index (χ0v) is 9.95. The molecule has 1 rings (SSSR count). The van der Waals surface area contributed by atoms with Crippen LogP contribution >= 0.6 is 0 Å². The minimum absolute atomic E-state index is 0.231. The van der Waals surface area contributed by atoms with E-state index in [0.29, 0.717) is 11.7 Å². The zero-order valence-electron chi connectivity index (χ0n) is 9.95. The van der Waals surface area contributed by atoms with Gasteiger partial charge >= 0.3 is 5.97 Å². The Kier molecular flexibility index (Phi) is 4.28. The predicted octanol–water partition coefficient (Wildman–Crippen LogP) is 2.55. The number of rotatable bonds is 5. The molecule has 16 heavy (non-hydrogen) atoms. The van der Waals surface area contributed by atoms with Crippen LogP contribution in [0.4, 0.5) is 5.82 Å². The van der Waals surface area contributed by atoms with E-state index in [2.05, 4.69) is 24.1 Å². The Balaban J connectivity index is 2.76. The molecule has 2 N–H and O–H groups in total. The maximum absolute atomic E-state index is 11.0. The molecule has 0 saturated heterocycles. The summed E-state index contributed by atoms with van der Waals surface area (Å²) in [7, 11) is 0. The summed E-state index contributed by atoms with van der Waals surface area (Å²) in [6.45, 7) is 6.85. The van der Waals surface area contributed by atoms with E-state index in [9.17, 15) is 4.79 Å². The van der Waals surface area contributed by atoms with Crippen molar-refractivity contribution in [3.63, 3.8) is 0 Å². The van der Waals surface area contributed by atoms with Gasteiger partial charge in [0.25, 0.3) is 0 Å². The Hall–Kier alpha value is -1.58. The van der Waals surface area contributed by atoms with Gasteiger partial charge in [0, 0.05) is 12.2 Å². The van der Waals surface area contributed by atoms with E-state index >= 15 is 0 Å². The number of carbonyl (C=O) groups is 1. The zero-order chi connectivity index (χ0) is 12.1. The molecule has 4 heteroatoms. The number of nitrogens with one attached hydrogen (secondary N) is 1. The first-order chi connectivity index (χ1) is 7.50. The van der Waals surface area contributed by atoms with Crippen LogP contribution in [0.25, 0.3) is 0 Å². The van der Waals surface area contributed by atoms with E-state index in [-0.39, 0.29) is 5.56 Å². The molecule has 4 nitrogen and oxygen atoms in total. The summed E-state index contributed by atoms with van der Waals surface area (Å²) >= 11 is 0. The van der Waals surface area contributed by atoms with Gasteiger partial charge in [-0.15, -0.1) is 0 Å². The lowest BCUT2D eigenvalue weighted by Crippen LogP contribution is -2.11. The Bertz CT molecular complexity index is 375. The molecule has 0 atom stereocenters. The predicted molar refractivity (Wildman–Crippen MR) is 63.9 cm³/mol. The number of pyridine rings is 1. The van der Waals surface area contributed by atoms with Crippen LogP contribution in [0, 0.1) is 12.8 Å². The molecule has 0 spiro atoms. The Labute approximate surface area is 95.7 Å². The fourth-order valence-corrected chi connectivity index (χ4v) is 1.34. The molecule has 1 heterocycles. The van der Waals surface area contributed by atoms with Crippen molar-refractivity contribution in [3.8, 4) is 0 Å². The minimum Gasteiger partial charge on any atom is -0.478 e. The fourth-order valence-electron chi connectivity index (χ4n) is 1.34. The first-order valence-corrected chi connectivity index (χ1v) is 5.45. The van der Waals surface area contributed by atoms with E-state index < -0.39 is 5.97 Å². The number of carboxylic acid groups (broad SMARTS) is 1. The van der Waals surface area contributed by atoms with Crippen molar-refractivity contribution in [3.05, 3.63) is 23.4 Å². The number of hydrogen-bond acceptors (Lipinski definition) is 3. The van der Waals surface area contributed by atoms with Crippen LogP contribution in [-0.4, -0.2) is 22.6 Å². The molecule has 0 aromatic carbocycles. The number of hydrogen-bond donors (Lipinski definition) is 2. The highest BCUT2D eigenvalue weighted by atomic mass is 16.4. The third kappa shape index (κ3) is 3.53. The van der Waals surface area contributed by atoms with Crippen molar-refractivity contribution in [2.45, 2.75) is 27.2 Å². The number of aryl methyl sites for hydroxylation is 1. The van der Waals surface area contributed by atoms with Gasteiger partial charge in [-0.3, -0.25) is 0 Å². The van der Waals surface area contributed by atoms with Crippen LogP contribution in [-0.2, 0) is 0 Å². The maximum Gasteiger partial charge on any atom is 0.339 e. The topological polar surface area (TPSA) is 62.2 Å². The van der Waals surface area contributed by atoms with Crippen molar-refractivity contribution in [1.82, 2.24) is 4.98 Å². The van der Waals surface area contributed by atoms with Gasteiger partial charge in [0.1, 0.15) is 11.4 Å². The Morgan fingerprint density at radius 2 is 2.19 bits per heavy atom. The number of anilines is 1. The maximum atomic E-state index is 11.0. The van der Waals surface area contributed by atoms with E-state index in [0.717, 1.165) is 18.7 Å². The molecule has 0 aliphatic heterocycles. The lowest BCUT2D eigenvalue weighted by molar-refractivity contribution is 0.0697. The average molecular weight is 222 g/mol. The third-order valence-electron chi connectivity index (χ3n) is 2.28. The third-order valence-corrected chi connectivity index (χ3v) is 2.28. The lowest BCUT2D eigenvalue weighted by atomic mass is 10.1. The molecule has 0 bridgehead atoms. The van der Waals surface area contributed by atoms with Crippen molar-refractivity contribution in [1.29, 1.82) is 0 Å². The molecule has 1 aromatic heterocycles. The summed E-state index contributed by atoms with van der Waals surface area (Å²) in [5.41, 5.74) is 1.05. The Morgan fingerprint density at radius 1 is 1.50 bits per heavy atom. The highest BCUT2D eigenvalue weighted by molar-refractivity contribution is 5.93. The standard InChI is InChI=1S/C12H18N2O2/c1-8(2)6-7-13-11-10(12(15)16)5-4-9(3)14-11/h4-5,8H,6-7H2,1-3H3,(H,13,14)(H,15,16). The molecule has 0 radical (unpaired) electrons. The molecule has 0 saturated carbocycles. The van der Waals surface area contributed by atoms with Gasteiger partial charge in [0.15, 0.2) is 0 Å². The quantitative estimate of drug-likeness (QED) is 0.803. The molecule has 0 aliphatic rings. The largest absolute Gasteiger partial charge is 0.478 e. The average Bonchev–Trinajstić information content (AvgIpc) is 2.16. The summed E-state index contributed by atoms with van der Waals surface area (Å²) in [4.78, 5) is 15.1. The number of nitrogens with zero attached hydrogens (tertiary/aromatic N) is 1. The first-order valence-electron chi connectivity index (χ1n) is 5.45. The van der Waals surface area contributed by atoms with E-state index in [1.54, 1.807) is 12.1 Å². The van der Waals surface area contributed by atoms with Gasteiger partial charge in [-0.2, -0.15) is 0 Å². The van der Waals surface area contributed by atoms with Crippen LogP contribution in [0.5, 0.6) is 0 Å².